The highest BCUT2D eigenvalue weighted by molar-refractivity contribution is 5.96. The normalized spacial score (nSPS) is 17.2. The predicted molar refractivity (Wildman–Crippen MR) is 104 cm³/mol. The first-order chi connectivity index (χ1) is 14.6. The molecule has 31 heavy (non-hydrogen) atoms. The molecular weight excluding hydrogens is 413 g/mol. The molecule has 0 saturated carbocycles. The highest BCUT2D eigenvalue weighted by Gasteiger charge is 2.37. The maximum absolute atomic E-state index is 13.8. The second kappa shape index (κ2) is 7.68. The number of aryl methyl sites for hydroxylation is 1. The van der Waals surface area contributed by atoms with E-state index in [0.717, 1.165) is 16.5 Å². The van der Waals surface area contributed by atoms with E-state index in [1.54, 1.807) is 18.2 Å². The SMILES string of the molecule is Cc1cccc(-c2cc(C(F)(F)F)n3nc(C(=O)N4CCCCC4C(=O)O)cc3n2)c1. The third-order valence-electron chi connectivity index (χ3n) is 5.30. The number of carbonyl (C=O) groups is 2. The number of aliphatic carboxylic acids is 1. The van der Waals surface area contributed by atoms with Crippen molar-refractivity contribution in [3.05, 3.63) is 53.3 Å². The van der Waals surface area contributed by atoms with Crippen LogP contribution in [0.15, 0.2) is 36.4 Å². The fourth-order valence-corrected chi connectivity index (χ4v) is 3.81. The molecule has 4 rings (SSSR count). The van der Waals surface area contributed by atoms with Gasteiger partial charge in [0.15, 0.2) is 17.0 Å². The largest absolute Gasteiger partial charge is 0.480 e. The maximum atomic E-state index is 13.8. The van der Waals surface area contributed by atoms with Gasteiger partial charge in [-0.1, -0.05) is 23.8 Å². The third-order valence-corrected chi connectivity index (χ3v) is 5.30. The van der Waals surface area contributed by atoms with Crippen molar-refractivity contribution in [3.8, 4) is 11.3 Å². The number of nitrogens with zero attached hydrogens (tertiary/aromatic N) is 4. The van der Waals surface area contributed by atoms with Gasteiger partial charge >= 0.3 is 12.1 Å². The van der Waals surface area contributed by atoms with Gasteiger partial charge in [0, 0.05) is 18.2 Å². The fourth-order valence-electron chi connectivity index (χ4n) is 3.81. The van der Waals surface area contributed by atoms with Gasteiger partial charge in [0.2, 0.25) is 0 Å². The Bertz CT molecular complexity index is 1170. The molecule has 0 aliphatic carbocycles. The first-order valence-electron chi connectivity index (χ1n) is 9.74. The number of fused-ring (bicyclic) bond motifs is 1. The Hall–Kier alpha value is -3.43. The fraction of sp³-hybridized carbons (Fsp3) is 0.333. The van der Waals surface area contributed by atoms with Gasteiger partial charge in [0.25, 0.3) is 5.91 Å². The van der Waals surface area contributed by atoms with Crippen LogP contribution in [0.5, 0.6) is 0 Å². The van der Waals surface area contributed by atoms with E-state index in [-0.39, 0.29) is 30.0 Å². The molecule has 1 atom stereocenters. The first kappa shape index (κ1) is 20.8. The zero-order chi connectivity index (χ0) is 22.3. The van der Waals surface area contributed by atoms with Gasteiger partial charge < -0.3 is 10.0 Å². The zero-order valence-electron chi connectivity index (χ0n) is 16.6. The minimum Gasteiger partial charge on any atom is -0.480 e. The minimum atomic E-state index is -4.74. The van der Waals surface area contributed by atoms with Crippen LogP contribution in [0.25, 0.3) is 16.9 Å². The average Bonchev–Trinajstić information content (AvgIpc) is 3.15. The van der Waals surface area contributed by atoms with Gasteiger partial charge in [-0.3, -0.25) is 4.79 Å². The summed E-state index contributed by atoms with van der Waals surface area (Å²) in [5.41, 5.74) is -0.0117. The van der Waals surface area contributed by atoms with E-state index in [2.05, 4.69) is 10.1 Å². The number of hydrogen-bond donors (Lipinski definition) is 1. The van der Waals surface area contributed by atoms with E-state index < -0.39 is 29.8 Å². The van der Waals surface area contributed by atoms with Gasteiger partial charge in [-0.05, 0) is 38.3 Å². The Labute approximate surface area is 175 Å². The van der Waals surface area contributed by atoms with Crippen LogP contribution in [0.2, 0.25) is 0 Å². The van der Waals surface area contributed by atoms with Gasteiger partial charge in [0.05, 0.1) is 5.69 Å². The molecule has 1 aliphatic heterocycles. The van der Waals surface area contributed by atoms with E-state index in [1.165, 1.54) is 6.07 Å². The molecule has 1 N–H and O–H groups in total. The number of likely N-dealkylation sites (tertiary alicyclic amines) is 1. The second-order valence-electron chi connectivity index (χ2n) is 7.54. The average molecular weight is 432 g/mol. The number of halogens is 3. The van der Waals surface area contributed by atoms with Crippen molar-refractivity contribution in [2.45, 2.75) is 38.4 Å². The predicted octanol–water partition coefficient (Wildman–Crippen LogP) is 3.80. The molecule has 0 spiro atoms. The number of hydrogen-bond acceptors (Lipinski definition) is 4. The van der Waals surface area contributed by atoms with E-state index in [0.29, 0.717) is 22.9 Å². The van der Waals surface area contributed by atoms with Gasteiger partial charge in [-0.2, -0.15) is 18.3 Å². The molecule has 2 aromatic heterocycles. The molecule has 0 radical (unpaired) electrons. The highest BCUT2D eigenvalue weighted by Crippen LogP contribution is 2.33. The summed E-state index contributed by atoms with van der Waals surface area (Å²) in [5.74, 6) is -1.87. The number of piperidine rings is 1. The molecule has 7 nitrogen and oxygen atoms in total. The Balaban J connectivity index is 1.82. The van der Waals surface area contributed by atoms with Gasteiger partial charge in [0.1, 0.15) is 6.04 Å². The van der Waals surface area contributed by atoms with E-state index >= 15 is 0 Å². The Morgan fingerprint density at radius 1 is 1.16 bits per heavy atom. The lowest BCUT2D eigenvalue weighted by Crippen LogP contribution is -2.48. The van der Waals surface area contributed by atoms with Gasteiger partial charge in [-0.15, -0.1) is 0 Å². The molecule has 1 fully saturated rings. The number of rotatable bonds is 3. The van der Waals surface area contributed by atoms with Crippen molar-refractivity contribution < 1.29 is 27.9 Å². The Morgan fingerprint density at radius 2 is 1.94 bits per heavy atom. The van der Waals surface area contributed by atoms with Crippen LogP contribution in [0.3, 0.4) is 0 Å². The Kier molecular flexibility index (Phi) is 5.16. The summed E-state index contributed by atoms with van der Waals surface area (Å²) in [6, 6.07) is 7.95. The zero-order valence-corrected chi connectivity index (χ0v) is 16.6. The van der Waals surface area contributed by atoms with Crippen LogP contribution < -0.4 is 0 Å². The van der Waals surface area contributed by atoms with Crippen molar-refractivity contribution in [3.63, 3.8) is 0 Å². The summed E-state index contributed by atoms with van der Waals surface area (Å²) in [4.78, 5) is 29.9. The molecule has 1 saturated heterocycles. The summed E-state index contributed by atoms with van der Waals surface area (Å²) >= 11 is 0. The number of aromatic nitrogens is 3. The minimum absolute atomic E-state index is 0.101. The molecule has 0 bridgehead atoms. The van der Waals surface area contributed by atoms with Crippen molar-refractivity contribution >= 4 is 17.5 Å². The number of benzene rings is 1. The standard InChI is InChI=1S/C21H19F3N4O3/c1-12-5-4-6-13(9-12)14-10-17(21(22,23)24)28-18(25-14)11-15(26-28)19(29)27-8-3-2-7-16(27)20(30)31/h4-6,9-11,16H,2-3,7-8H2,1H3,(H,30,31). The highest BCUT2D eigenvalue weighted by atomic mass is 19.4. The van der Waals surface area contributed by atoms with Crippen molar-refractivity contribution in [1.82, 2.24) is 19.5 Å². The van der Waals surface area contributed by atoms with Crippen molar-refractivity contribution in [2.75, 3.05) is 6.54 Å². The first-order valence-corrected chi connectivity index (χ1v) is 9.74. The summed E-state index contributed by atoms with van der Waals surface area (Å²) in [7, 11) is 0. The summed E-state index contributed by atoms with van der Waals surface area (Å²) in [5, 5.41) is 13.2. The lowest BCUT2D eigenvalue weighted by molar-refractivity contribution is -0.143. The number of alkyl halides is 3. The maximum Gasteiger partial charge on any atom is 0.433 e. The van der Waals surface area contributed by atoms with Crippen LogP contribution in [-0.4, -0.2) is 49.1 Å². The molecule has 3 heterocycles. The van der Waals surface area contributed by atoms with Crippen LogP contribution in [0.4, 0.5) is 13.2 Å². The molecule has 162 valence electrons. The quantitative estimate of drug-likeness (QED) is 0.680. The molecule has 1 aliphatic rings. The number of carboxylic acid groups (broad SMARTS) is 1. The van der Waals surface area contributed by atoms with Crippen molar-refractivity contribution in [1.29, 1.82) is 0 Å². The van der Waals surface area contributed by atoms with E-state index in [1.807, 2.05) is 13.0 Å². The summed E-state index contributed by atoms with van der Waals surface area (Å²) in [6.45, 7) is 2.03. The van der Waals surface area contributed by atoms with Crippen molar-refractivity contribution in [2.24, 2.45) is 0 Å². The molecule has 1 amide bonds. The molecule has 3 aromatic rings. The topological polar surface area (TPSA) is 87.8 Å². The lowest BCUT2D eigenvalue weighted by atomic mass is 10.0. The van der Waals surface area contributed by atoms with E-state index in [9.17, 15) is 27.9 Å². The van der Waals surface area contributed by atoms with Crippen LogP contribution >= 0.6 is 0 Å². The van der Waals surface area contributed by atoms with E-state index in [4.69, 9.17) is 0 Å². The van der Waals surface area contributed by atoms with Crippen LogP contribution in [0, 0.1) is 6.92 Å². The molecule has 1 unspecified atom stereocenters. The Morgan fingerprint density at radius 3 is 2.61 bits per heavy atom. The number of carbonyl (C=O) groups excluding carboxylic acids is 1. The monoisotopic (exact) mass is 432 g/mol. The molecule has 1 aromatic carbocycles. The second-order valence-corrected chi connectivity index (χ2v) is 7.54. The van der Waals surface area contributed by atoms with Gasteiger partial charge in [-0.25, -0.2) is 14.3 Å². The third kappa shape index (κ3) is 3.97. The van der Waals surface area contributed by atoms with Crippen LogP contribution in [-0.2, 0) is 11.0 Å². The number of carboxylic acids is 1. The number of amides is 1. The molecular formula is C21H19F3N4O3. The summed E-state index contributed by atoms with van der Waals surface area (Å²) < 4.78 is 41.9. The summed E-state index contributed by atoms with van der Waals surface area (Å²) in [6.07, 6.45) is -3.17. The lowest BCUT2D eigenvalue weighted by Gasteiger charge is -2.32. The molecule has 10 heteroatoms. The smallest absolute Gasteiger partial charge is 0.433 e. The van der Waals surface area contributed by atoms with Crippen LogP contribution in [0.1, 0.15) is 41.0 Å².